The number of hydrogen-bond donors (Lipinski definition) is 3. The Hall–Kier alpha value is -2.37. The van der Waals surface area contributed by atoms with Crippen molar-refractivity contribution < 1.29 is 14.7 Å². The second-order valence-corrected chi connectivity index (χ2v) is 5.98. The van der Waals surface area contributed by atoms with Crippen LogP contribution in [0, 0.1) is 0 Å². The molecular weight excluding hydrogens is 304 g/mol. The normalized spacial score (nSPS) is 18.9. The highest BCUT2D eigenvalue weighted by Crippen LogP contribution is 2.40. The number of carbonyl (C=O) groups excluding carboxylic acids is 1. The van der Waals surface area contributed by atoms with Crippen LogP contribution in [0.4, 0.5) is 0 Å². The number of hydroxylamine groups is 1. The minimum atomic E-state index is -0.525. The van der Waals surface area contributed by atoms with Crippen LogP contribution in [0.5, 0.6) is 5.75 Å². The maximum Gasteiger partial charge on any atom is 0.274 e. The Balaban J connectivity index is 1.31. The molecule has 1 aliphatic rings. The molecule has 2 unspecified atom stereocenters. The lowest BCUT2D eigenvalue weighted by Crippen LogP contribution is -2.21. The van der Waals surface area contributed by atoms with E-state index in [1.807, 2.05) is 0 Å². The molecule has 0 aliphatic heterocycles. The summed E-state index contributed by atoms with van der Waals surface area (Å²) in [6.45, 7) is 1.56. The fourth-order valence-corrected chi connectivity index (χ4v) is 2.81. The van der Waals surface area contributed by atoms with Crippen LogP contribution in [-0.4, -0.2) is 30.3 Å². The van der Waals surface area contributed by atoms with E-state index in [0.717, 1.165) is 18.7 Å². The third-order valence-corrected chi connectivity index (χ3v) is 4.23. The number of benzene rings is 2. The Morgan fingerprint density at radius 2 is 1.88 bits per heavy atom. The third-order valence-electron chi connectivity index (χ3n) is 4.23. The van der Waals surface area contributed by atoms with Gasteiger partial charge in [-0.05, 0) is 49.2 Å². The molecule has 126 valence electrons. The van der Waals surface area contributed by atoms with Gasteiger partial charge in [-0.15, -0.1) is 0 Å². The smallest absolute Gasteiger partial charge is 0.274 e. The van der Waals surface area contributed by atoms with Crippen LogP contribution >= 0.6 is 0 Å². The Bertz CT molecular complexity index is 658. The Morgan fingerprint density at radius 1 is 1.12 bits per heavy atom. The summed E-state index contributed by atoms with van der Waals surface area (Å²) in [5.74, 6) is 0.846. The topological polar surface area (TPSA) is 70.6 Å². The molecule has 3 N–H and O–H groups in total. The maximum atomic E-state index is 11.2. The van der Waals surface area contributed by atoms with Crippen molar-refractivity contribution in [1.82, 2.24) is 10.8 Å². The molecule has 5 nitrogen and oxygen atoms in total. The zero-order valence-electron chi connectivity index (χ0n) is 13.4. The van der Waals surface area contributed by atoms with Crippen LogP contribution in [-0.2, 0) is 0 Å². The zero-order chi connectivity index (χ0) is 16.8. The van der Waals surface area contributed by atoms with Gasteiger partial charge in [0.05, 0.1) is 6.61 Å². The van der Waals surface area contributed by atoms with Gasteiger partial charge in [-0.3, -0.25) is 10.0 Å². The van der Waals surface area contributed by atoms with Gasteiger partial charge < -0.3 is 10.1 Å². The largest absolute Gasteiger partial charge is 0.494 e. The van der Waals surface area contributed by atoms with Crippen molar-refractivity contribution >= 4 is 5.91 Å². The first-order valence-corrected chi connectivity index (χ1v) is 8.23. The van der Waals surface area contributed by atoms with Crippen LogP contribution in [0.1, 0.15) is 34.7 Å². The molecule has 2 atom stereocenters. The lowest BCUT2D eigenvalue weighted by Gasteiger charge is -2.08. The average molecular weight is 326 g/mol. The Labute approximate surface area is 141 Å². The number of amides is 1. The van der Waals surface area contributed by atoms with Gasteiger partial charge in [0.2, 0.25) is 0 Å². The molecule has 0 radical (unpaired) electrons. The second kappa shape index (κ2) is 7.95. The highest BCUT2D eigenvalue weighted by molar-refractivity contribution is 5.93. The van der Waals surface area contributed by atoms with Gasteiger partial charge in [0, 0.05) is 17.5 Å². The predicted molar refractivity (Wildman–Crippen MR) is 91.4 cm³/mol. The quantitative estimate of drug-likeness (QED) is 0.396. The van der Waals surface area contributed by atoms with E-state index in [0.29, 0.717) is 24.1 Å². The zero-order valence-corrected chi connectivity index (χ0v) is 13.4. The minimum absolute atomic E-state index is 0.396. The van der Waals surface area contributed by atoms with E-state index in [1.54, 1.807) is 29.7 Å². The first kappa shape index (κ1) is 16.5. The molecule has 1 amide bonds. The van der Waals surface area contributed by atoms with E-state index in [-0.39, 0.29) is 0 Å². The van der Waals surface area contributed by atoms with Gasteiger partial charge in [-0.2, -0.15) is 0 Å². The molecule has 0 heterocycles. The highest BCUT2D eigenvalue weighted by atomic mass is 16.5. The summed E-state index contributed by atoms with van der Waals surface area (Å²) in [5.41, 5.74) is 3.42. The van der Waals surface area contributed by atoms with E-state index >= 15 is 0 Å². The Kier molecular flexibility index (Phi) is 5.46. The summed E-state index contributed by atoms with van der Waals surface area (Å²) in [5, 5.41) is 12.1. The van der Waals surface area contributed by atoms with Gasteiger partial charge in [-0.1, -0.05) is 30.3 Å². The fourth-order valence-electron chi connectivity index (χ4n) is 2.81. The minimum Gasteiger partial charge on any atom is -0.494 e. The molecular formula is C19H22N2O3. The van der Waals surface area contributed by atoms with Crippen LogP contribution in [0.3, 0.4) is 0 Å². The highest BCUT2D eigenvalue weighted by Gasteiger charge is 2.37. The van der Waals surface area contributed by atoms with Gasteiger partial charge in [-0.25, -0.2) is 5.48 Å². The molecule has 0 bridgehead atoms. The molecule has 5 heteroatoms. The summed E-state index contributed by atoms with van der Waals surface area (Å²) in [6.07, 6.45) is 2.14. The number of hydrogen-bond acceptors (Lipinski definition) is 4. The lowest BCUT2D eigenvalue weighted by atomic mass is 10.1. The fraction of sp³-hybridized carbons (Fsp3) is 0.316. The number of nitrogens with one attached hydrogen (secondary N) is 2. The summed E-state index contributed by atoms with van der Waals surface area (Å²) in [6, 6.07) is 17.9. The third kappa shape index (κ3) is 4.34. The van der Waals surface area contributed by atoms with Crippen molar-refractivity contribution in [2.75, 3.05) is 13.2 Å². The van der Waals surface area contributed by atoms with Gasteiger partial charge in [0.25, 0.3) is 5.91 Å². The molecule has 0 spiro atoms. The predicted octanol–water partition coefficient (Wildman–Crippen LogP) is 2.72. The molecule has 0 saturated heterocycles. The van der Waals surface area contributed by atoms with Crippen molar-refractivity contribution in [2.24, 2.45) is 0 Å². The van der Waals surface area contributed by atoms with Crippen molar-refractivity contribution in [3.05, 3.63) is 65.7 Å². The molecule has 2 aromatic rings. The molecule has 1 aliphatic carbocycles. The van der Waals surface area contributed by atoms with E-state index in [4.69, 9.17) is 9.94 Å². The standard InChI is InChI=1S/C19H22N2O3/c22-19(21-23)15-7-9-16(10-8-15)24-12-4-11-20-18-13-17(18)14-5-2-1-3-6-14/h1-3,5-10,17-18,20,23H,4,11-13H2,(H,21,22). The lowest BCUT2D eigenvalue weighted by molar-refractivity contribution is 0.0706. The van der Waals surface area contributed by atoms with Gasteiger partial charge in [0.1, 0.15) is 5.75 Å². The average Bonchev–Trinajstić information content (AvgIpc) is 3.42. The van der Waals surface area contributed by atoms with Crippen LogP contribution in [0.15, 0.2) is 54.6 Å². The van der Waals surface area contributed by atoms with E-state index in [1.165, 1.54) is 12.0 Å². The summed E-state index contributed by atoms with van der Waals surface area (Å²) in [7, 11) is 0. The van der Waals surface area contributed by atoms with Gasteiger partial charge >= 0.3 is 0 Å². The first-order valence-electron chi connectivity index (χ1n) is 8.23. The molecule has 1 saturated carbocycles. The summed E-state index contributed by atoms with van der Waals surface area (Å²) in [4.78, 5) is 11.2. The van der Waals surface area contributed by atoms with Crippen LogP contribution < -0.4 is 15.5 Å². The molecule has 3 rings (SSSR count). The maximum absolute atomic E-state index is 11.2. The second-order valence-electron chi connectivity index (χ2n) is 5.98. The van der Waals surface area contributed by atoms with E-state index < -0.39 is 5.91 Å². The van der Waals surface area contributed by atoms with Crippen molar-refractivity contribution in [1.29, 1.82) is 0 Å². The molecule has 0 aromatic heterocycles. The summed E-state index contributed by atoms with van der Waals surface area (Å²) >= 11 is 0. The van der Waals surface area contributed by atoms with Crippen molar-refractivity contribution in [3.63, 3.8) is 0 Å². The van der Waals surface area contributed by atoms with Crippen LogP contribution in [0.2, 0.25) is 0 Å². The number of ether oxygens (including phenoxy) is 1. The Morgan fingerprint density at radius 3 is 2.58 bits per heavy atom. The summed E-state index contributed by atoms with van der Waals surface area (Å²) < 4.78 is 5.65. The van der Waals surface area contributed by atoms with Crippen LogP contribution in [0.25, 0.3) is 0 Å². The van der Waals surface area contributed by atoms with Crippen molar-refractivity contribution in [3.8, 4) is 5.75 Å². The SMILES string of the molecule is O=C(NO)c1ccc(OCCCNC2CC2c2ccccc2)cc1. The van der Waals surface area contributed by atoms with Crippen molar-refractivity contribution in [2.45, 2.75) is 24.8 Å². The van der Waals surface area contributed by atoms with E-state index in [9.17, 15) is 4.79 Å². The van der Waals surface area contributed by atoms with Gasteiger partial charge in [0.15, 0.2) is 0 Å². The first-order chi connectivity index (χ1) is 11.8. The monoisotopic (exact) mass is 326 g/mol. The number of rotatable bonds is 8. The molecule has 1 fully saturated rings. The molecule has 24 heavy (non-hydrogen) atoms. The molecule has 2 aromatic carbocycles. The van der Waals surface area contributed by atoms with E-state index in [2.05, 4.69) is 35.6 Å². The number of carbonyl (C=O) groups is 1.